The molecule has 0 bridgehead atoms. The van der Waals surface area contributed by atoms with E-state index in [4.69, 9.17) is 0 Å². The Morgan fingerprint density at radius 1 is 1.50 bits per heavy atom. The Morgan fingerprint density at radius 3 is 2.70 bits per heavy atom. The van der Waals surface area contributed by atoms with Gasteiger partial charge in [0.15, 0.2) is 5.82 Å². The molecule has 1 amide bonds. The van der Waals surface area contributed by atoms with Crippen LogP contribution in [0.15, 0.2) is 18.5 Å². The van der Waals surface area contributed by atoms with Crippen molar-refractivity contribution >= 4 is 5.91 Å². The van der Waals surface area contributed by atoms with Crippen LogP contribution < -0.4 is 5.32 Å². The van der Waals surface area contributed by atoms with E-state index in [1.54, 1.807) is 30.3 Å². The van der Waals surface area contributed by atoms with Crippen LogP contribution in [-0.4, -0.2) is 50.1 Å². The number of aromatic nitrogens is 2. The standard InChI is InChI=1S/C14H20N4O2/c1-9(19)11(12-15-6-4-7-16-12)18-10(2)14(13(18)20)5-3-8-17-14/h4,6-7,9-11,17,19H,3,5,8H2,1-2H3. The lowest BCUT2D eigenvalue weighted by Gasteiger charge is -2.56. The van der Waals surface area contributed by atoms with Gasteiger partial charge in [0.05, 0.1) is 12.1 Å². The van der Waals surface area contributed by atoms with E-state index in [9.17, 15) is 9.90 Å². The van der Waals surface area contributed by atoms with Gasteiger partial charge in [-0.05, 0) is 39.3 Å². The fraction of sp³-hybridized carbons (Fsp3) is 0.643. The van der Waals surface area contributed by atoms with Crippen LogP contribution in [0.2, 0.25) is 0 Å². The fourth-order valence-electron chi connectivity index (χ4n) is 3.47. The van der Waals surface area contributed by atoms with Crippen molar-refractivity contribution in [2.75, 3.05) is 6.54 Å². The van der Waals surface area contributed by atoms with Crippen molar-refractivity contribution < 1.29 is 9.90 Å². The first-order valence-corrected chi connectivity index (χ1v) is 7.11. The largest absolute Gasteiger partial charge is 0.391 e. The van der Waals surface area contributed by atoms with Crippen LogP contribution in [0.1, 0.15) is 38.6 Å². The predicted molar refractivity (Wildman–Crippen MR) is 72.7 cm³/mol. The second-order valence-corrected chi connectivity index (χ2v) is 5.68. The minimum atomic E-state index is -0.706. The number of carbonyl (C=O) groups is 1. The van der Waals surface area contributed by atoms with Crippen LogP contribution in [0.4, 0.5) is 0 Å². The Labute approximate surface area is 118 Å². The zero-order chi connectivity index (χ0) is 14.3. The first-order valence-electron chi connectivity index (χ1n) is 7.11. The summed E-state index contributed by atoms with van der Waals surface area (Å²) in [5.74, 6) is 0.552. The maximum absolute atomic E-state index is 12.6. The zero-order valence-corrected chi connectivity index (χ0v) is 11.8. The van der Waals surface area contributed by atoms with Gasteiger partial charge >= 0.3 is 0 Å². The van der Waals surface area contributed by atoms with Crippen LogP contribution >= 0.6 is 0 Å². The second-order valence-electron chi connectivity index (χ2n) is 5.68. The van der Waals surface area contributed by atoms with Crippen molar-refractivity contribution in [1.82, 2.24) is 20.2 Å². The molecule has 2 aliphatic rings. The molecule has 3 rings (SSSR count). The molecule has 1 spiro atoms. The lowest BCUT2D eigenvalue weighted by Crippen LogP contribution is -2.77. The number of nitrogens with one attached hydrogen (secondary N) is 1. The van der Waals surface area contributed by atoms with Gasteiger partial charge in [0, 0.05) is 12.4 Å². The molecule has 1 aromatic heterocycles. The van der Waals surface area contributed by atoms with Crippen LogP contribution in [0.3, 0.4) is 0 Å². The third-order valence-corrected chi connectivity index (χ3v) is 4.54. The molecule has 20 heavy (non-hydrogen) atoms. The van der Waals surface area contributed by atoms with E-state index >= 15 is 0 Å². The molecule has 2 aliphatic heterocycles. The first kappa shape index (κ1) is 13.5. The van der Waals surface area contributed by atoms with E-state index in [1.165, 1.54) is 0 Å². The summed E-state index contributed by atoms with van der Waals surface area (Å²) in [6.45, 7) is 4.58. The van der Waals surface area contributed by atoms with E-state index < -0.39 is 17.7 Å². The van der Waals surface area contributed by atoms with Crippen molar-refractivity contribution in [1.29, 1.82) is 0 Å². The van der Waals surface area contributed by atoms with Gasteiger partial charge in [0.2, 0.25) is 5.91 Å². The Balaban J connectivity index is 1.89. The van der Waals surface area contributed by atoms with E-state index in [-0.39, 0.29) is 11.9 Å². The van der Waals surface area contributed by atoms with Gasteiger partial charge in [-0.3, -0.25) is 4.79 Å². The van der Waals surface area contributed by atoms with Gasteiger partial charge in [0.25, 0.3) is 0 Å². The van der Waals surface area contributed by atoms with Crippen LogP contribution in [0.5, 0.6) is 0 Å². The van der Waals surface area contributed by atoms with Crippen molar-refractivity contribution in [2.24, 2.45) is 0 Å². The average Bonchev–Trinajstić information content (AvgIpc) is 2.96. The summed E-state index contributed by atoms with van der Waals surface area (Å²) in [7, 11) is 0. The number of hydrogen-bond donors (Lipinski definition) is 2. The fourth-order valence-corrected chi connectivity index (χ4v) is 3.47. The summed E-state index contributed by atoms with van der Waals surface area (Å²) < 4.78 is 0. The summed E-state index contributed by atoms with van der Waals surface area (Å²) in [5.41, 5.74) is -0.429. The second kappa shape index (κ2) is 4.79. The number of aliphatic hydroxyl groups is 1. The highest BCUT2D eigenvalue weighted by molar-refractivity contribution is 5.94. The molecule has 2 fully saturated rings. The van der Waals surface area contributed by atoms with E-state index in [0.717, 1.165) is 19.4 Å². The number of likely N-dealkylation sites (tertiary alicyclic amines) is 1. The molecule has 6 nitrogen and oxygen atoms in total. The third-order valence-electron chi connectivity index (χ3n) is 4.54. The minimum Gasteiger partial charge on any atom is -0.391 e. The van der Waals surface area contributed by atoms with Crippen molar-refractivity contribution in [3.63, 3.8) is 0 Å². The van der Waals surface area contributed by atoms with Gasteiger partial charge in [-0.1, -0.05) is 0 Å². The summed E-state index contributed by atoms with van der Waals surface area (Å²) in [6, 6.07) is 1.29. The minimum absolute atomic E-state index is 0.0425. The van der Waals surface area contributed by atoms with Crippen molar-refractivity contribution in [3.8, 4) is 0 Å². The van der Waals surface area contributed by atoms with Gasteiger partial charge in [-0.25, -0.2) is 9.97 Å². The molecule has 0 radical (unpaired) electrons. The van der Waals surface area contributed by atoms with E-state index in [0.29, 0.717) is 5.82 Å². The maximum atomic E-state index is 12.6. The van der Waals surface area contributed by atoms with Crippen molar-refractivity contribution in [2.45, 2.75) is 50.4 Å². The number of amides is 1. The highest BCUT2D eigenvalue weighted by Crippen LogP contribution is 2.43. The molecular formula is C14H20N4O2. The molecule has 0 aromatic carbocycles. The Morgan fingerprint density at radius 2 is 2.20 bits per heavy atom. The Kier molecular flexibility index (Phi) is 3.22. The topological polar surface area (TPSA) is 78.4 Å². The number of β-lactam (4-membered cyclic amide) rings is 1. The predicted octanol–water partition coefficient (Wildman–Crippen LogP) is 0.251. The summed E-state index contributed by atoms with van der Waals surface area (Å²) in [5, 5.41) is 13.4. The number of hydrogen-bond acceptors (Lipinski definition) is 5. The number of aliphatic hydroxyl groups excluding tert-OH is 1. The number of carbonyl (C=O) groups excluding carboxylic acids is 1. The zero-order valence-electron chi connectivity index (χ0n) is 11.8. The molecule has 2 N–H and O–H groups in total. The van der Waals surface area contributed by atoms with E-state index in [2.05, 4.69) is 15.3 Å². The lowest BCUT2D eigenvalue weighted by atomic mass is 9.76. The van der Waals surface area contributed by atoms with Gasteiger partial charge < -0.3 is 15.3 Å². The lowest BCUT2D eigenvalue weighted by molar-refractivity contribution is -0.170. The van der Waals surface area contributed by atoms with Gasteiger partial charge in [0.1, 0.15) is 11.6 Å². The van der Waals surface area contributed by atoms with Crippen molar-refractivity contribution in [3.05, 3.63) is 24.3 Å². The average molecular weight is 276 g/mol. The van der Waals surface area contributed by atoms with Crippen LogP contribution in [-0.2, 0) is 4.79 Å². The molecule has 4 atom stereocenters. The molecule has 6 heteroatoms. The molecule has 1 aromatic rings. The molecule has 0 saturated carbocycles. The third kappa shape index (κ3) is 1.75. The van der Waals surface area contributed by atoms with Gasteiger partial charge in [-0.2, -0.15) is 0 Å². The summed E-state index contributed by atoms with van der Waals surface area (Å²) >= 11 is 0. The molecule has 2 saturated heterocycles. The molecular weight excluding hydrogens is 256 g/mol. The smallest absolute Gasteiger partial charge is 0.246 e. The van der Waals surface area contributed by atoms with E-state index in [1.807, 2.05) is 6.92 Å². The Bertz CT molecular complexity index is 499. The highest BCUT2D eigenvalue weighted by atomic mass is 16.3. The molecule has 4 unspecified atom stereocenters. The van der Waals surface area contributed by atoms with Crippen LogP contribution in [0.25, 0.3) is 0 Å². The number of nitrogens with zero attached hydrogens (tertiary/aromatic N) is 3. The monoisotopic (exact) mass is 276 g/mol. The normalized spacial score (nSPS) is 32.2. The first-order chi connectivity index (χ1) is 9.58. The summed E-state index contributed by atoms with van der Waals surface area (Å²) in [4.78, 5) is 22.7. The van der Waals surface area contributed by atoms with Crippen LogP contribution in [0, 0.1) is 0 Å². The molecule has 0 aliphatic carbocycles. The highest BCUT2D eigenvalue weighted by Gasteiger charge is 2.62. The Hall–Kier alpha value is -1.53. The molecule has 3 heterocycles. The quantitative estimate of drug-likeness (QED) is 0.774. The summed E-state index contributed by atoms with van der Waals surface area (Å²) in [6.07, 6.45) is 4.45. The number of rotatable bonds is 3. The SMILES string of the molecule is CC(O)C(c1ncccn1)N1C(=O)C2(CCCN2)C1C. The van der Waals surface area contributed by atoms with Gasteiger partial charge in [-0.15, -0.1) is 0 Å². The molecule has 108 valence electrons. The maximum Gasteiger partial charge on any atom is 0.246 e.